The van der Waals surface area contributed by atoms with Crippen molar-refractivity contribution in [1.29, 1.82) is 0 Å². The van der Waals surface area contributed by atoms with Crippen molar-refractivity contribution >= 4 is 34.5 Å². The van der Waals surface area contributed by atoms with E-state index in [0.717, 1.165) is 6.42 Å². The molecule has 8 nitrogen and oxygen atoms in total. The van der Waals surface area contributed by atoms with Gasteiger partial charge in [-0.3, -0.25) is 4.90 Å². The van der Waals surface area contributed by atoms with Gasteiger partial charge in [0, 0.05) is 30.7 Å². The van der Waals surface area contributed by atoms with Gasteiger partial charge in [0.25, 0.3) is 6.01 Å². The van der Waals surface area contributed by atoms with Crippen LogP contribution >= 0.6 is 11.3 Å². The average Bonchev–Trinajstić information content (AvgIpc) is 3.38. The van der Waals surface area contributed by atoms with Crippen molar-refractivity contribution in [2.45, 2.75) is 24.6 Å². The van der Waals surface area contributed by atoms with Gasteiger partial charge in [-0.15, -0.1) is 11.3 Å². The number of carboxylic acid groups (broad SMARTS) is 1. The number of carbonyl (C=O) groups is 1. The number of thiazole rings is 1. The van der Waals surface area contributed by atoms with Crippen LogP contribution in [0.15, 0.2) is 40.8 Å². The van der Waals surface area contributed by atoms with Crippen molar-refractivity contribution in [3.63, 3.8) is 0 Å². The van der Waals surface area contributed by atoms with Crippen LogP contribution in [0, 0.1) is 0 Å². The fourth-order valence-corrected chi connectivity index (χ4v) is 4.64. The molecule has 2 aromatic heterocycles. The molecule has 3 saturated heterocycles. The van der Waals surface area contributed by atoms with E-state index in [1.807, 2.05) is 4.90 Å². The van der Waals surface area contributed by atoms with Gasteiger partial charge in [0.15, 0.2) is 16.8 Å². The Hall–Kier alpha value is -3.21. The van der Waals surface area contributed by atoms with Gasteiger partial charge in [-0.1, -0.05) is 6.58 Å². The first-order chi connectivity index (χ1) is 14.4. The zero-order valence-corrected chi connectivity index (χ0v) is 16.3. The van der Waals surface area contributed by atoms with Gasteiger partial charge in [-0.05, 0) is 18.6 Å². The monoisotopic (exact) mass is 434 g/mol. The van der Waals surface area contributed by atoms with E-state index >= 15 is 0 Å². The summed E-state index contributed by atoms with van der Waals surface area (Å²) in [6, 6.07) is 2.96. The van der Waals surface area contributed by atoms with Crippen LogP contribution in [0.5, 0.6) is 5.75 Å². The number of hydrogen-bond donors (Lipinski definition) is 1. The van der Waals surface area contributed by atoms with Crippen LogP contribution in [0.1, 0.15) is 6.42 Å². The Morgan fingerprint density at radius 2 is 2.17 bits per heavy atom. The maximum atomic E-state index is 13.8. The minimum Gasteiger partial charge on any atom is -0.465 e. The van der Waals surface area contributed by atoms with Crippen LogP contribution < -0.4 is 9.64 Å². The molecule has 2 atom stereocenters. The third-order valence-electron chi connectivity index (χ3n) is 5.33. The molecule has 156 valence electrons. The van der Waals surface area contributed by atoms with Crippen molar-refractivity contribution in [3.05, 3.63) is 36.4 Å². The lowest BCUT2D eigenvalue weighted by atomic mass is 9.88. The number of halogens is 2. The number of piperidine rings is 1. The first-order valence-electron chi connectivity index (χ1n) is 9.16. The smallest absolute Gasteiger partial charge is 0.419 e. The van der Waals surface area contributed by atoms with E-state index in [-0.39, 0.29) is 34.9 Å². The van der Waals surface area contributed by atoms with Crippen molar-refractivity contribution in [2.75, 3.05) is 18.0 Å². The fraction of sp³-hybridized carbons (Fsp3) is 0.316. The summed E-state index contributed by atoms with van der Waals surface area (Å²) in [7, 11) is 0. The summed E-state index contributed by atoms with van der Waals surface area (Å²) in [5.41, 5.74) is 1.04. The number of amides is 1. The molecule has 0 spiro atoms. The van der Waals surface area contributed by atoms with Crippen molar-refractivity contribution in [3.8, 4) is 16.3 Å². The molecule has 2 unspecified atom stereocenters. The lowest BCUT2D eigenvalue weighted by Crippen LogP contribution is -2.70. The average molecular weight is 434 g/mol. The van der Waals surface area contributed by atoms with Gasteiger partial charge >= 0.3 is 12.2 Å². The summed E-state index contributed by atoms with van der Waals surface area (Å²) >= 11 is 1.38. The summed E-state index contributed by atoms with van der Waals surface area (Å²) in [6.07, 6.45) is -1.68. The molecule has 2 bridgehead atoms. The topological polar surface area (TPSA) is 91.9 Å². The molecule has 30 heavy (non-hydrogen) atoms. The first kappa shape index (κ1) is 18.8. The molecule has 1 N–H and O–H groups in total. The maximum Gasteiger partial charge on any atom is 0.419 e. The second-order valence-corrected chi connectivity index (χ2v) is 8.02. The fourth-order valence-electron chi connectivity index (χ4n) is 3.98. The number of aromatic nitrogens is 2. The summed E-state index contributed by atoms with van der Waals surface area (Å²) in [5, 5.41) is 11.7. The van der Waals surface area contributed by atoms with Gasteiger partial charge in [0.1, 0.15) is 5.01 Å². The summed E-state index contributed by atoms with van der Waals surface area (Å²) in [5.74, 6) is -0.139. The number of rotatable bonds is 5. The molecule has 6 rings (SSSR count). The largest absolute Gasteiger partial charge is 0.465 e. The van der Waals surface area contributed by atoms with Crippen molar-refractivity contribution in [1.82, 2.24) is 14.9 Å². The highest BCUT2D eigenvalue weighted by Crippen LogP contribution is 2.41. The van der Waals surface area contributed by atoms with Crippen LogP contribution in [-0.2, 0) is 0 Å². The van der Waals surface area contributed by atoms with Crippen LogP contribution in [0.2, 0.25) is 0 Å². The van der Waals surface area contributed by atoms with Gasteiger partial charge in [0.05, 0.1) is 17.6 Å². The second kappa shape index (κ2) is 6.66. The lowest BCUT2D eigenvalue weighted by molar-refractivity contribution is -0.130. The molecule has 3 aliphatic heterocycles. The van der Waals surface area contributed by atoms with Gasteiger partial charge < -0.3 is 19.2 Å². The number of nitrogens with zero attached hydrogens (tertiary/aromatic N) is 4. The van der Waals surface area contributed by atoms with Gasteiger partial charge in [-0.25, -0.2) is 9.78 Å². The lowest BCUT2D eigenvalue weighted by Gasteiger charge is -2.54. The number of hydrogen-bond acceptors (Lipinski definition) is 7. The molecule has 1 aromatic carbocycles. The van der Waals surface area contributed by atoms with E-state index in [4.69, 9.17) is 9.15 Å². The zero-order chi connectivity index (χ0) is 21.0. The Morgan fingerprint density at radius 3 is 2.80 bits per heavy atom. The first-order valence-corrected chi connectivity index (χ1v) is 10.0. The second-order valence-electron chi connectivity index (χ2n) is 7.13. The number of alkyl halides is 2. The molecular formula is C19H16F2N4O4S. The minimum absolute atomic E-state index is 0.139. The highest BCUT2D eigenvalue weighted by Gasteiger charge is 2.48. The van der Waals surface area contributed by atoms with E-state index < -0.39 is 12.2 Å². The zero-order valence-electron chi connectivity index (χ0n) is 15.5. The number of piperazine rings is 1. The molecule has 0 saturated carbocycles. The normalized spacial score (nSPS) is 20.9. The van der Waals surface area contributed by atoms with Gasteiger partial charge in [-0.2, -0.15) is 13.8 Å². The predicted octanol–water partition coefficient (Wildman–Crippen LogP) is 4.05. The summed E-state index contributed by atoms with van der Waals surface area (Å²) < 4.78 is 38.4. The van der Waals surface area contributed by atoms with Crippen LogP contribution in [0.4, 0.5) is 19.6 Å². The van der Waals surface area contributed by atoms with Crippen LogP contribution in [0.25, 0.3) is 21.7 Å². The summed E-state index contributed by atoms with van der Waals surface area (Å²) in [6.45, 7) is 3.93. The highest BCUT2D eigenvalue weighted by atomic mass is 32.1. The number of benzene rings is 1. The Bertz CT molecular complexity index is 1120. The van der Waals surface area contributed by atoms with E-state index in [1.165, 1.54) is 22.3 Å². The molecule has 0 radical (unpaired) electrons. The Balaban J connectivity index is 1.55. The predicted molar refractivity (Wildman–Crippen MR) is 105 cm³/mol. The highest BCUT2D eigenvalue weighted by molar-refractivity contribution is 7.13. The van der Waals surface area contributed by atoms with Crippen molar-refractivity contribution in [2.24, 2.45) is 0 Å². The maximum absolute atomic E-state index is 13.8. The molecule has 1 amide bonds. The molecule has 0 aliphatic carbocycles. The third-order valence-corrected chi connectivity index (χ3v) is 6.13. The van der Waals surface area contributed by atoms with E-state index in [9.17, 15) is 18.7 Å². The van der Waals surface area contributed by atoms with Crippen LogP contribution in [0.3, 0.4) is 0 Å². The Labute approximate surface area is 173 Å². The van der Waals surface area contributed by atoms with E-state index in [1.54, 1.807) is 17.6 Å². The molecule has 3 fully saturated rings. The molecule has 3 aromatic rings. The van der Waals surface area contributed by atoms with Crippen LogP contribution in [-0.4, -0.2) is 57.3 Å². The number of ether oxygens (including phenoxy) is 1. The molecule has 3 aliphatic rings. The molecule has 5 heterocycles. The quantitative estimate of drug-likeness (QED) is 0.606. The Morgan fingerprint density at radius 1 is 1.40 bits per heavy atom. The minimum atomic E-state index is -3.57. The molecule has 11 heteroatoms. The van der Waals surface area contributed by atoms with E-state index in [0.29, 0.717) is 29.7 Å². The van der Waals surface area contributed by atoms with Crippen molar-refractivity contribution < 1.29 is 27.8 Å². The summed E-state index contributed by atoms with van der Waals surface area (Å²) in [4.78, 5) is 23.3. The number of oxazole rings is 1. The molecular weight excluding hydrogens is 418 g/mol. The van der Waals surface area contributed by atoms with E-state index in [2.05, 4.69) is 16.5 Å². The third kappa shape index (κ3) is 2.96. The SMILES string of the molecule is C=CC(F)(F)Oc1ccc(-c2nccs2)c2oc(N3CC4CC(C3)N4C(=O)O)nc12. The Kier molecular flexibility index (Phi) is 4.17. The number of fused-ring (bicyclic) bond motifs is 3. The number of anilines is 1. The standard InChI is InChI=1S/C19H16F2N4O4S/c1-2-19(20,21)29-13-4-3-12(16-22-5-6-30-16)15-14(13)23-17(28-15)24-8-10-7-11(9-24)25(10)18(26)27/h2-6,10-11H,1,7-9H2,(H,26,27). The van der Waals surface area contributed by atoms with Gasteiger partial charge in [0.2, 0.25) is 0 Å².